The monoisotopic (exact) mass is 386 g/mol. The molecule has 0 aromatic heterocycles. The maximum absolute atomic E-state index is 11.8. The van der Waals surface area contributed by atoms with Crippen molar-refractivity contribution >= 4 is 50.9 Å². The molecule has 3 nitrogen and oxygen atoms in total. The molecule has 0 radical (unpaired) electrons. The van der Waals surface area contributed by atoms with Gasteiger partial charge in [0.05, 0.1) is 0 Å². The Balaban J connectivity index is 1.81. The van der Waals surface area contributed by atoms with Gasteiger partial charge < -0.3 is 10.6 Å². The number of nitrogens with one attached hydrogen (secondary N) is 2. The normalized spacial score (nSPS) is 10.2. The molecule has 21 heavy (non-hydrogen) atoms. The van der Waals surface area contributed by atoms with Crippen molar-refractivity contribution in [2.24, 2.45) is 0 Å². The van der Waals surface area contributed by atoms with Gasteiger partial charge in [0, 0.05) is 26.8 Å². The number of urea groups is 1. The summed E-state index contributed by atoms with van der Waals surface area (Å²) >= 11 is 15.3. The first-order valence-electron chi connectivity index (χ1n) is 6.29. The van der Waals surface area contributed by atoms with Crippen LogP contribution in [0.4, 0.5) is 10.5 Å². The predicted octanol–water partition coefficient (Wildman–Crippen LogP) is 5.12. The van der Waals surface area contributed by atoms with Gasteiger partial charge in [0.2, 0.25) is 0 Å². The Bertz CT molecular complexity index is 649. The second kappa shape index (κ2) is 7.69. The highest BCUT2D eigenvalue weighted by atomic mass is 79.9. The molecule has 0 bridgehead atoms. The lowest BCUT2D eigenvalue weighted by Gasteiger charge is -2.09. The minimum Gasteiger partial charge on any atom is -0.338 e. The summed E-state index contributed by atoms with van der Waals surface area (Å²) in [5.74, 6) is 0. The Morgan fingerprint density at radius 2 is 1.95 bits per heavy atom. The van der Waals surface area contributed by atoms with E-state index in [0.717, 1.165) is 15.7 Å². The van der Waals surface area contributed by atoms with Crippen LogP contribution in [-0.2, 0) is 6.42 Å². The minimum absolute atomic E-state index is 0.252. The molecule has 0 heterocycles. The zero-order valence-electron chi connectivity index (χ0n) is 11.0. The van der Waals surface area contributed by atoms with E-state index in [2.05, 4.69) is 26.6 Å². The fourth-order valence-electron chi connectivity index (χ4n) is 1.78. The molecule has 2 aromatic rings. The van der Waals surface area contributed by atoms with E-state index < -0.39 is 0 Å². The molecule has 6 heteroatoms. The lowest BCUT2D eigenvalue weighted by molar-refractivity contribution is 0.252. The van der Waals surface area contributed by atoms with Crippen molar-refractivity contribution in [3.63, 3.8) is 0 Å². The van der Waals surface area contributed by atoms with E-state index in [-0.39, 0.29) is 6.03 Å². The van der Waals surface area contributed by atoms with Gasteiger partial charge >= 0.3 is 6.03 Å². The van der Waals surface area contributed by atoms with Gasteiger partial charge in [0.15, 0.2) is 0 Å². The van der Waals surface area contributed by atoms with Crippen LogP contribution >= 0.6 is 39.1 Å². The van der Waals surface area contributed by atoms with Gasteiger partial charge in [-0.15, -0.1) is 0 Å². The average molecular weight is 388 g/mol. The number of hydrogen-bond donors (Lipinski definition) is 2. The summed E-state index contributed by atoms with van der Waals surface area (Å²) in [5.41, 5.74) is 1.68. The van der Waals surface area contributed by atoms with Crippen molar-refractivity contribution in [2.75, 3.05) is 11.9 Å². The molecule has 0 saturated heterocycles. The highest BCUT2D eigenvalue weighted by Gasteiger charge is 2.04. The molecule has 0 unspecified atom stereocenters. The van der Waals surface area contributed by atoms with Gasteiger partial charge in [-0.25, -0.2) is 4.79 Å². The van der Waals surface area contributed by atoms with Crippen LogP contribution in [0.3, 0.4) is 0 Å². The highest BCUT2D eigenvalue weighted by Crippen LogP contribution is 2.21. The molecule has 2 N–H and O–H groups in total. The summed E-state index contributed by atoms with van der Waals surface area (Å²) in [7, 11) is 0. The molecule has 2 rings (SSSR count). The van der Waals surface area contributed by atoms with Gasteiger partial charge in [0.1, 0.15) is 0 Å². The third kappa shape index (κ3) is 5.23. The van der Waals surface area contributed by atoms with Crippen molar-refractivity contribution in [3.05, 3.63) is 62.5 Å². The summed E-state index contributed by atoms with van der Waals surface area (Å²) in [6, 6.07) is 12.5. The number of halogens is 3. The molecular formula is C15H13BrCl2N2O. The molecular weight excluding hydrogens is 375 g/mol. The van der Waals surface area contributed by atoms with Crippen LogP contribution in [0.25, 0.3) is 0 Å². The van der Waals surface area contributed by atoms with Crippen LogP contribution in [0.15, 0.2) is 46.9 Å². The predicted molar refractivity (Wildman–Crippen MR) is 91.3 cm³/mol. The maximum atomic E-state index is 11.8. The topological polar surface area (TPSA) is 41.1 Å². The maximum Gasteiger partial charge on any atom is 0.319 e. The van der Waals surface area contributed by atoms with Crippen molar-refractivity contribution < 1.29 is 4.79 Å². The van der Waals surface area contributed by atoms with Gasteiger partial charge in [-0.2, -0.15) is 0 Å². The second-order valence-corrected chi connectivity index (χ2v) is 6.14. The quantitative estimate of drug-likeness (QED) is 0.750. The van der Waals surface area contributed by atoms with Crippen molar-refractivity contribution in [1.29, 1.82) is 0 Å². The summed E-state index contributed by atoms with van der Waals surface area (Å²) < 4.78 is 0.910. The molecule has 2 aromatic carbocycles. The van der Waals surface area contributed by atoms with E-state index in [0.29, 0.717) is 23.0 Å². The molecule has 110 valence electrons. The van der Waals surface area contributed by atoms with E-state index in [9.17, 15) is 4.79 Å². The first-order chi connectivity index (χ1) is 10.0. The Morgan fingerprint density at radius 3 is 2.67 bits per heavy atom. The molecule has 2 amide bonds. The van der Waals surface area contributed by atoms with Gasteiger partial charge in [-0.05, 0) is 42.3 Å². The van der Waals surface area contributed by atoms with E-state index in [1.807, 2.05) is 30.3 Å². The van der Waals surface area contributed by atoms with Crippen LogP contribution in [0.1, 0.15) is 5.56 Å². The van der Waals surface area contributed by atoms with E-state index >= 15 is 0 Å². The molecule has 0 aliphatic rings. The Morgan fingerprint density at radius 1 is 1.14 bits per heavy atom. The van der Waals surface area contributed by atoms with E-state index in [1.54, 1.807) is 12.1 Å². The number of anilines is 1. The second-order valence-electron chi connectivity index (χ2n) is 4.38. The third-order valence-corrected chi connectivity index (χ3v) is 3.86. The van der Waals surface area contributed by atoms with Crippen LogP contribution in [0, 0.1) is 0 Å². The molecule has 0 atom stereocenters. The Kier molecular flexibility index (Phi) is 5.91. The van der Waals surface area contributed by atoms with Gasteiger partial charge in [-0.3, -0.25) is 0 Å². The Labute approximate surface area is 141 Å². The zero-order chi connectivity index (χ0) is 15.2. The first kappa shape index (κ1) is 16.1. The molecule has 0 fully saturated rings. The van der Waals surface area contributed by atoms with Crippen LogP contribution < -0.4 is 10.6 Å². The summed E-state index contributed by atoms with van der Waals surface area (Å²) in [6.45, 7) is 0.487. The number of carbonyl (C=O) groups excluding carboxylic acids is 1. The number of rotatable bonds is 4. The summed E-state index contributed by atoms with van der Waals surface area (Å²) in [6.07, 6.45) is 0.641. The number of carbonyl (C=O) groups is 1. The first-order valence-corrected chi connectivity index (χ1v) is 7.84. The number of amides is 2. The average Bonchev–Trinajstić information content (AvgIpc) is 2.41. The summed E-state index contributed by atoms with van der Waals surface area (Å²) in [4.78, 5) is 11.8. The lowest BCUT2D eigenvalue weighted by Crippen LogP contribution is -2.30. The number of hydrogen-bond acceptors (Lipinski definition) is 1. The fraction of sp³-hybridized carbons (Fsp3) is 0.133. The molecule has 0 aliphatic carbocycles. The Hall–Kier alpha value is -1.23. The van der Waals surface area contributed by atoms with E-state index in [4.69, 9.17) is 23.2 Å². The molecule has 0 spiro atoms. The van der Waals surface area contributed by atoms with Crippen LogP contribution in [0.5, 0.6) is 0 Å². The highest BCUT2D eigenvalue weighted by molar-refractivity contribution is 9.10. The van der Waals surface area contributed by atoms with Crippen LogP contribution in [-0.4, -0.2) is 12.6 Å². The van der Waals surface area contributed by atoms with Gasteiger partial charge in [-0.1, -0.05) is 51.3 Å². The minimum atomic E-state index is -0.252. The smallest absolute Gasteiger partial charge is 0.319 e. The largest absolute Gasteiger partial charge is 0.338 e. The van der Waals surface area contributed by atoms with Crippen LogP contribution in [0.2, 0.25) is 10.0 Å². The molecule has 0 saturated carbocycles. The van der Waals surface area contributed by atoms with Crippen molar-refractivity contribution in [2.45, 2.75) is 6.42 Å². The molecule has 0 aliphatic heterocycles. The zero-order valence-corrected chi connectivity index (χ0v) is 14.1. The lowest BCUT2D eigenvalue weighted by atomic mass is 10.1. The fourth-order valence-corrected chi connectivity index (χ4v) is 2.68. The third-order valence-electron chi connectivity index (χ3n) is 2.78. The van der Waals surface area contributed by atoms with Crippen molar-refractivity contribution in [3.8, 4) is 0 Å². The van der Waals surface area contributed by atoms with Gasteiger partial charge in [0.25, 0.3) is 0 Å². The summed E-state index contributed by atoms with van der Waals surface area (Å²) in [5, 5.41) is 6.75. The standard InChI is InChI=1S/C15H13BrCl2N2O/c16-11-2-1-3-13(8-11)20-15(21)19-7-6-10-4-5-12(17)9-14(10)18/h1-5,8-9H,6-7H2,(H2,19,20,21). The SMILES string of the molecule is O=C(NCCc1ccc(Cl)cc1Cl)Nc1cccc(Br)c1. The number of benzene rings is 2. The van der Waals surface area contributed by atoms with E-state index in [1.165, 1.54) is 0 Å². The van der Waals surface area contributed by atoms with Crippen molar-refractivity contribution in [1.82, 2.24) is 5.32 Å².